The van der Waals surface area contributed by atoms with E-state index < -0.39 is 0 Å². The lowest BCUT2D eigenvalue weighted by Crippen LogP contribution is -2.28. The molecule has 1 N–H and O–H groups in total. The first kappa shape index (κ1) is 10.5. The van der Waals surface area contributed by atoms with Gasteiger partial charge in [0.15, 0.2) is 0 Å². The SMILES string of the molecule is CSCCCC1NCCc2ccsc21. The quantitative estimate of drug-likeness (QED) is 0.793. The van der Waals surface area contributed by atoms with Gasteiger partial charge in [0.2, 0.25) is 0 Å². The lowest BCUT2D eigenvalue weighted by atomic mass is 10.0. The first-order chi connectivity index (χ1) is 6.92. The van der Waals surface area contributed by atoms with Crippen LogP contribution < -0.4 is 5.32 Å². The number of fused-ring (bicyclic) bond motifs is 1. The van der Waals surface area contributed by atoms with Gasteiger partial charge in [0.05, 0.1) is 0 Å². The van der Waals surface area contributed by atoms with Crippen LogP contribution in [-0.2, 0) is 6.42 Å². The molecule has 0 saturated carbocycles. The van der Waals surface area contributed by atoms with Crippen molar-refractivity contribution in [2.45, 2.75) is 25.3 Å². The van der Waals surface area contributed by atoms with Crippen LogP contribution in [0.5, 0.6) is 0 Å². The van der Waals surface area contributed by atoms with Crippen molar-refractivity contribution in [3.05, 3.63) is 21.9 Å². The van der Waals surface area contributed by atoms with Crippen LogP contribution >= 0.6 is 23.1 Å². The summed E-state index contributed by atoms with van der Waals surface area (Å²) in [4.78, 5) is 1.59. The second kappa shape index (κ2) is 5.19. The molecule has 2 heterocycles. The number of rotatable bonds is 4. The molecule has 14 heavy (non-hydrogen) atoms. The Kier molecular flexibility index (Phi) is 3.90. The van der Waals surface area contributed by atoms with E-state index in [1.807, 2.05) is 23.1 Å². The van der Waals surface area contributed by atoms with Crippen molar-refractivity contribution in [3.8, 4) is 0 Å². The molecule has 1 aromatic rings. The summed E-state index contributed by atoms with van der Waals surface area (Å²) in [5.41, 5.74) is 1.59. The Bertz CT molecular complexity index is 283. The summed E-state index contributed by atoms with van der Waals surface area (Å²) in [5, 5.41) is 5.86. The molecule has 0 fully saturated rings. The summed E-state index contributed by atoms with van der Waals surface area (Å²) in [6, 6.07) is 2.94. The lowest BCUT2D eigenvalue weighted by Gasteiger charge is -2.23. The zero-order valence-corrected chi connectivity index (χ0v) is 10.2. The molecule has 1 aliphatic heterocycles. The van der Waals surface area contributed by atoms with Gasteiger partial charge in [-0.3, -0.25) is 0 Å². The molecule has 0 bridgehead atoms. The highest BCUT2D eigenvalue weighted by Crippen LogP contribution is 2.31. The van der Waals surface area contributed by atoms with Gasteiger partial charge in [-0.2, -0.15) is 11.8 Å². The normalized spacial score (nSPS) is 20.8. The molecule has 0 aliphatic carbocycles. The molecular weight excluding hydrogens is 210 g/mol. The Labute approximate surface area is 94.3 Å². The van der Waals surface area contributed by atoms with Gasteiger partial charge in [0, 0.05) is 10.9 Å². The highest BCUT2D eigenvalue weighted by atomic mass is 32.2. The number of nitrogens with one attached hydrogen (secondary N) is 1. The predicted octanol–water partition coefficient (Wildman–Crippen LogP) is 3.08. The second-order valence-corrected chi connectivity index (χ2v) is 5.64. The summed E-state index contributed by atoms with van der Waals surface area (Å²) in [5.74, 6) is 1.29. The van der Waals surface area contributed by atoms with Gasteiger partial charge in [-0.15, -0.1) is 11.3 Å². The van der Waals surface area contributed by atoms with Crippen molar-refractivity contribution in [1.29, 1.82) is 0 Å². The van der Waals surface area contributed by atoms with Gasteiger partial charge in [0.25, 0.3) is 0 Å². The fourth-order valence-corrected chi connectivity index (χ4v) is 3.52. The third-order valence-electron chi connectivity index (χ3n) is 2.72. The summed E-state index contributed by atoms with van der Waals surface area (Å²) in [6.45, 7) is 1.16. The molecule has 0 saturated heterocycles. The largest absolute Gasteiger partial charge is 0.309 e. The average Bonchev–Trinajstić information content (AvgIpc) is 2.67. The Morgan fingerprint density at radius 1 is 1.64 bits per heavy atom. The van der Waals surface area contributed by atoms with Gasteiger partial charge in [-0.25, -0.2) is 0 Å². The molecule has 2 rings (SSSR count). The summed E-state index contributed by atoms with van der Waals surface area (Å²) < 4.78 is 0. The standard InChI is InChI=1S/C11H17NS2/c1-13-7-2-3-10-11-9(4-6-12-10)5-8-14-11/h5,8,10,12H,2-4,6-7H2,1H3. The Hall–Kier alpha value is 0.01000. The fraction of sp³-hybridized carbons (Fsp3) is 0.636. The van der Waals surface area contributed by atoms with Crippen LogP contribution in [0.2, 0.25) is 0 Å². The fourth-order valence-electron chi connectivity index (χ4n) is 2.00. The summed E-state index contributed by atoms with van der Waals surface area (Å²) >= 11 is 3.87. The zero-order chi connectivity index (χ0) is 9.80. The molecule has 78 valence electrons. The van der Waals surface area contributed by atoms with Gasteiger partial charge < -0.3 is 5.32 Å². The Morgan fingerprint density at radius 3 is 3.43 bits per heavy atom. The van der Waals surface area contributed by atoms with E-state index in [4.69, 9.17) is 0 Å². The molecule has 1 atom stereocenters. The van der Waals surface area contributed by atoms with Crippen LogP contribution in [0, 0.1) is 0 Å². The van der Waals surface area contributed by atoms with Crippen LogP contribution in [0.25, 0.3) is 0 Å². The first-order valence-electron chi connectivity index (χ1n) is 5.20. The van der Waals surface area contributed by atoms with Crippen LogP contribution in [-0.4, -0.2) is 18.6 Å². The topological polar surface area (TPSA) is 12.0 Å². The van der Waals surface area contributed by atoms with E-state index in [0.717, 1.165) is 6.54 Å². The number of thiophene rings is 1. The van der Waals surface area contributed by atoms with E-state index in [-0.39, 0.29) is 0 Å². The summed E-state index contributed by atoms with van der Waals surface area (Å²) in [6.07, 6.45) is 6.03. The molecule has 1 aromatic heterocycles. The maximum absolute atomic E-state index is 3.62. The molecule has 0 aromatic carbocycles. The molecule has 1 aliphatic rings. The minimum absolute atomic E-state index is 0.644. The number of thioether (sulfide) groups is 1. The highest BCUT2D eigenvalue weighted by Gasteiger charge is 2.19. The Morgan fingerprint density at radius 2 is 2.57 bits per heavy atom. The van der Waals surface area contributed by atoms with Crippen molar-refractivity contribution < 1.29 is 0 Å². The minimum Gasteiger partial charge on any atom is -0.309 e. The van der Waals surface area contributed by atoms with E-state index in [2.05, 4.69) is 23.0 Å². The third kappa shape index (κ3) is 2.33. The van der Waals surface area contributed by atoms with E-state index in [1.54, 1.807) is 10.4 Å². The van der Waals surface area contributed by atoms with Gasteiger partial charge in [0.1, 0.15) is 0 Å². The average molecular weight is 227 g/mol. The van der Waals surface area contributed by atoms with Crippen LogP contribution in [0.1, 0.15) is 29.3 Å². The molecule has 1 nitrogen and oxygen atoms in total. The van der Waals surface area contributed by atoms with Crippen molar-refractivity contribution in [2.24, 2.45) is 0 Å². The van der Waals surface area contributed by atoms with E-state index in [0.29, 0.717) is 6.04 Å². The van der Waals surface area contributed by atoms with Crippen LogP contribution in [0.4, 0.5) is 0 Å². The zero-order valence-electron chi connectivity index (χ0n) is 8.58. The second-order valence-electron chi connectivity index (χ2n) is 3.70. The van der Waals surface area contributed by atoms with E-state index in [9.17, 15) is 0 Å². The first-order valence-corrected chi connectivity index (χ1v) is 7.47. The van der Waals surface area contributed by atoms with E-state index in [1.165, 1.54) is 25.0 Å². The number of hydrogen-bond acceptors (Lipinski definition) is 3. The van der Waals surface area contributed by atoms with Crippen molar-refractivity contribution >= 4 is 23.1 Å². The maximum atomic E-state index is 3.62. The summed E-state index contributed by atoms with van der Waals surface area (Å²) in [7, 11) is 0. The van der Waals surface area contributed by atoms with Crippen molar-refractivity contribution in [3.63, 3.8) is 0 Å². The van der Waals surface area contributed by atoms with Crippen LogP contribution in [0.15, 0.2) is 11.4 Å². The van der Waals surface area contributed by atoms with Crippen molar-refractivity contribution in [2.75, 3.05) is 18.6 Å². The monoisotopic (exact) mass is 227 g/mol. The predicted molar refractivity (Wildman–Crippen MR) is 66.4 cm³/mol. The van der Waals surface area contributed by atoms with Crippen LogP contribution in [0.3, 0.4) is 0 Å². The smallest absolute Gasteiger partial charge is 0.0417 e. The highest BCUT2D eigenvalue weighted by molar-refractivity contribution is 7.98. The molecule has 0 spiro atoms. The molecule has 0 radical (unpaired) electrons. The minimum atomic E-state index is 0.644. The Balaban J connectivity index is 1.94. The molecule has 3 heteroatoms. The van der Waals surface area contributed by atoms with Gasteiger partial charge in [-0.1, -0.05) is 0 Å². The van der Waals surface area contributed by atoms with Gasteiger partial charge in [-0.05, 0) is 54.8 Å². The third-order valence-corrected chi connectivity index (χ3v) is 4.49. The molecule has 1 unspecified atom stereocenters. The van der Waals surface area contributed by atoms with Crippen molar-refractivity contribution in [1.82, 2.24) is 5.32 Å². The van der Waals surface area contributed by atoms with E-state index >= 15 is 0 Å². The number of hydrogen-bond donors (Lipinski definition) is 1. The lowest BCUT2D eigenvalue weighted by molar-refractivity contribution is 0.481. The molecule has 0 amide bonds. The van der Waals surface area contributed by atoms with Gasteiger partial charge >= 0.3 is 0 Å². The maximum Gasteiger partial charge on any atom is 0.0417 e. The molecular formula is C11H17NS2.